The van der Waals surface area contributed by atoms with E-state index in [1.54, 1.807) is 18.6 Å². The molecule has 0 amide bonds. The highest BCUT2D eigenvalue weighted by molar-refractivity contribution is 9.10. The first-order valence-electron chi connectivity index (χ1n) is 8.89. The molecule has 0 atom stereocenters. The Labute approximate surface area is 173 Å². The van der Waals surface area contributed by atoms with Crippen LogP contribution in [0.1, 0.15) is 11.1 Å². The predicted molar refractivity (Wildman–Crippen MR) is 116 cm³/mol. The Balaban J connectivity index is 1.57. The van der Waals surface area contributed by atoms with Crippen molar-refractivity contribution in [3.8, 4) is 5.88 Å². The van der Waals surface area contributed by atoms with Crippen LogP contribution in [0.5, 0.6) is 5.88 Å². The molecule has 0 unspecified atom stereocenters. The number of nitrogens with zero attached hydrogens (tertiary/aromatic N) is 4. The normalized spacial score (nSPS) is 13.7. The molecule has 2 N–H and O–H groups in total. The first-order valence-corrected chi connectivity index (χ1v) is 9.69. The summed E-state index contributed by atoms with van der Waals surface area (Å²) in [6.45, 7) is 0. The van der Waals surface area contributed by atoms with Crippen LogP contribution in [0.2, 0.25) is 0 Å². The highest BCUT2D eigenvalue weighted by Crippen LogP contribution is 2.28. The Kier molecular flexibility index (Phi) is 4.29. The summed E-state index contributed by atoms with van der Waals surface area (Å²) in [6.07, 6.45) is 11.0. The van der Waals surface area contributed by atoms with Crippen LogP contribution in [0, 0.1) is 0 Å². The molecule has 4 heterocycles. The average molecular weight is 444 g/mol. The highest BCUT2D eigenvalue weighted by Gasteiger charge is 2.11. The number of rotatable bonds is 3. The van der Waals surface area contributed by atoms with E-state index in [1.807, 2.05) is 54.6 Å². The molecule has 1 aliphatic heterocycles. The lowest BCUT2D eigenvalue weighted by atomic mass is 10.1. The SMILES string of the molecule is Oc1[nH]c2ncc(Br)cc2c1C=c1ccc2c(c1)N=NC=2/C=C/c1cccnc1. The van der Waals surface area contributed by atoms with Crippen LogP contribution in [0.25, 0.3) is 28.9 Å². The Hall–Kier alpha value is -3.58. The number of hydrogen-bond acceptors (Lipinski definition) is 5. The number of H-pyrrole nitrogens is 1. The third-order valence-corrected chi connectivity index (χ3v) is 5.06. The van der Waals surface area contributed by atoms with E-state index in [-0.39, 0.29) is 5.88 Å². The van der Waals surface area contributed by atoms with Crippen molar-refractivity contribution >= 4 is 50.5 Å². The number of pyridine rings is 2. The predicted octanol–water partition coefficient (Wildman–Crippen LogP) is 4.17. The Bertz CT molecular complexity index is 1420. The fourth-order valence-corrected chi connectivity index (χ4v) is 3.57. The van der Waals surface area contributed by atoms with Crippen molar-refractivity contribution in [2.24, 2.45) is 10.2 Å². The highest BCUT2D eigenvalue weighted by atomic mass is 79.9. The summed E-state index contributed by atoms with van der Waals surface area (Å²) in [4.78, 5) is 11.3. The van der Waals surface area contributed by atoms with Gasteiger partial charge in [-0.15, -0.1) is 10.2 Å². The van der Waals surface area contributed by atoms with Crippen LogP contribution in [0.3, 0.4) is 0 Å². The maximum atomic E-state index is 10.3. The second-order valence-corrected chi connectivity index (χ2v) is 7.48. The van der Waals surface area contributed by atoms with Gasteiger partial charge in [-0.25, -0.2) is 4.98 Å². The van der Waals surface area contributed by atoms with Crippen LogP contribution in [0.4, 0.5) is 5.69 Å². The largest absolute Gasteiger partial charge is 0.494 e. The van der Waals surface area contributed by atoms with Crippen molar-refractivity contribution in [3.63, 3.8) is 0 Å². The molecule has 0 saturated heterocycles. The number of fused-ring (bicyclic) bond motifs is 2. The van der Waals surface area contributed by atoms with Gasteiger partial charge < -0.3 is 10.1 Å². The van der Waals surface area contributed by atoms with Crippen molar-refractivity contribution < 1.29 is 5.11 Å². The zero-order chi connectivity index (χ0) is 19.8. The molecule has 1 aromatic carbocycles. The maximum Gasteiger partial charge on any atom is 0.198 e. The minimum Gasteiger partial charge on any atom is -0.494 e. The zero-order valence-electron chi connectivity index (χ0n) is 15.0. The molecule has 0 bridgehead atoms. The van der Waals surface area contributed by atoms with Crippen LogP contribution >= 0.6 is 15.9 Å². The molecule has 3 aromatic heterocycles. The fraction of sp³-hybridized carbons (Fsp3) is 0. The standard InChI is InChI=1S/C22H14BrN5O/c23-15-10-17-18(22(29)26-21(17)25-12-15)8-14-3-5-16-19(27-28-20(16)9-14)6-4-13-2-1-7-24-11-13/h1-12,29H,(H,25,26)/b6-4+,14-8?. The second kappa shape index (κ2) is 7.10. The van der Waals surface area contributed by atoms with Crippen LogP contribution < -0.4 is 10.4 Å². The zero-order valence-corrected chi connectivity index (χ0v) is 16.6. The van der Waals surface area contributed by atoms with Gasteiger partial charge in [-0.05, 0) is 63.1 Å². The molecule has 140 valence electrons. The first-order chi connectivity index (χ1) is 14.2. The maximum absolute atomic E-state index is 10.3. The lowest BCUT2D eigenvalue weighted by molar-refractivity contribution is 0.457. The number of aromatic amines is 1. The summed E-state index contributed by atoms with van der Waals surface area (Å²) in [5, 5.41) is 21.6. The lowest BCUT2D eigenvalue weighted by Crippen LogP contribution is -2.08. The topological polar surface area (TPSA) is 86.5 Å². The van der Waals surface area contributed by atoms with Crippen LogP contribution in [-0.4, -0.2) is 20.1 Å². The van der Waals surface area contributed by atoms with Crippen LogP contribution in [-0.2, 0) is 0 Å². The van der Waals surface area contributed by atoms with E-state index in [2.05, 4.69) is 41.1 Å². The Morgan fingerprint density at radius 2 is 1.97 bits per heavy atom. The number of hydrogen-bond donors (Lipinski definition) is 2. The molecule has 0 radical (unpaired) electrons. The molecule has 6 nitrogen and oxygen atoms in total. The Morgan fingerprint density at radius 3 is 2.83 bits per heavy atom. The molecular formula is C22H14BrN5O. The summed E-state index contributed by atoms with van der Waals surface area (Å²) < 4.78 is 0.848. The number of aromatic hydroxyl groups is 1. The number of halogens is 1. The van der Waals surface area contributed by atoms with Gasteiger partial charge in [0.1, 0.15) is 5.65 Å². The van der Waals surface area contributed by atoms with E-state index in [0.717, 1.165) is 37.2 Å². The van der Waals surface area contributed by atoms with E-state index >= 15 is 0 Å². The minimum atomic E-state index is 0.0828. The van der Waals surface area contributed by atoms with Crippen molar-refractivity contribution in [3.05, 3.63) is 87.1 Å². The minimum absolute atomic E-state index is 0.0828. The van der Waals surface area contributed by atoms with Crippen LogP contribution in [0.15, 0.2) is 75.8 Å². The molecular weight excluding hydrogens is 430 g/mol. The van der Waals surface area contributed by atoms with Crippen molar-refractivity contribution in [1.82, 2.24) is 15.0 Å². The van der Waals surface area contributed by atoms with Gasteiger partial charge >= 0.3 is 0 Å². The number of benzene rings is 1. The van der Waals surface area contributed by atoms with E-state index in [4.69, 9.17) is 0 Å². The third kappa shape index (κ3) is 3.36. The summed E-state index contributed by atoms with van der Waals surface area (Å²) in [5.74, 6) is 0.0828. The van der Waals surface area contributed by atoms with Gasteiger partial charge in [0, 0.05) is 39.2 Å². The number of nitrogens with one attached hydrogen (secondary N) is 1. The quantitative estimate of drug-likeness (QED) is 0.497. The van der Waals surface area contributed by atoms with Gasteiger partial charge in [-0.2, -0.15) is 0 Å². The van der Waals surface area contributed by atoms with E-state index in [1.165, 1.54) is 0 Å². The van der Waals surface area contributed by atoms with Crippen molar-refractivity contribution in [2.75, 3.05) is 0 Å². The van der Waals surface area contributed by atoms with Gasteiger partial charge in [-0.3, -0.25) is 4.98 Å². The van der Waals surface area contributed by atoms with Crippen molar-refractivity contribution in [2.45, 2.75) is 0 Å². The van der Waals surface area contributed by atoms with Gasteiger partial charge in [-0.1, -0.05) is 18.2 Å². The summed E-state index contributed by atoms with van der Waals surface area (Å²) in [6, 6.07) is 11.7. The molecule has 4 aromatic rings. The van der Waals surface area contributed by atoms with Gasteiger partial charge in [0.15, 0.2) is 5.88 Å². The lowest BCUT2D eigenvalue weighted by Gasteiger charge is -1.95. The molecule has 29 heavy (non-hydrogen) atoms. The van der Waals surface area contributed by atoms with Gasteiger partial charge in [0.25, 0.3) is 0 Å². The van der Waals surface area contributed by atoms with E-state index < -0.39 is 0 Å². The summed E-state index contributed by atoms with van der Waals surface area (Å²) in [5.41, 5.74) is 3.92. The monoisotopic (exact) mass is 443 g/mol. The molecule has 0 saturated carbocycles. The third-order valence-electron chi connectivity index (χ3n) is 4.63. The number of aromatic nitrogens is 3. The Morgan fingerprint density at radius 1 is 1.03 bits per heavy atom. The van der Waals surface area contributed by atoms with E-state index in [9.17, 15) is 5.11 Å². The smallest absolute Gasteiger partial charge is 0.198 e. The molecule has 7 heteroatoms. The molecule has 0 spiro atoms. The summed E-state index contributed by atoms with van der Waals surface area (Å²) >= 11 is 3.43. The average Bonchev–Trinajstić information content (AvgIpc) is 3.28. The number of azo groups is 1. The van der Waals surface area contributed by atoms with Gasteiger partial charge in [0.05, 0.1) is 11.4 Å². The molecule has 1 aliphatic rings. The molecule has 0 fully saturated rings. The second-order valence-electron chi connectivity index (χ2n) is 6.56. The van der Waals surface area contributed by atoms with E-state index in [0.29, 0.717) is 11.2 Å². The molecule has 5 rings (SSSR count). The fourth-order valence-electron chi connectivity index (χ4n) is 3.24. The molecule has 0 aliphatic carbocycles. The first kappa shape index (κ1) is 17.5. The van der Waals surface area contributed by atoms with Crippen molar-refractivity contribution in [1.29, 1.82) is 0 Å². The van der Waals surface area contributed by atoms with Gasteiger partial charge in [0.2, 0.25) is 0 Å². The summed E-state index contributed by atoms with van der Waals surface area (Å²) in [7, 11) is 0.